The number of aliphatic hydroxyl groups is 2. The van der Waals surface area contributed by atoms with Gasteiger partial charge in [0, 0.05) is 11.8 Å². The molecular weight excluding hydrogens is 206 g/mol. The van der Waals surface area contributed by atoms with E-state index < -0.39 is 12.2 Å². The Hall–Kier alpha value is -0.970. The van der Waals surface area contributed by atoms with E-state index in [1.807, 2.05) is 0 Å². The van der Waals surface area contributed by atoms with Gasteiger partial charge in [0.1, 0.15) is 6.10 Å². The maximum absolute atomic E-state index is 10.3. The van der Waals surface area contributed by atoms with E-state index in [1.54, 1.807) is 0 Å². The number of halogens is 1. The summed E-state index contributed by atoms with van der Waals surface area (Å²) in [5.74, 6) is -0.0712. The van der Waals surface area contributed by atoms with E-state index in [4.69, 9.17) is 11.6 Å². The first-order valence-corrected chi connectivity index (χ1v) is 4.55. The SMILES string of the molecule is O=Cc1ccc(C(O)C(O)CCl)nc1. The van der Waals surface area contributed by atoms with Crippen molar-refractivity contribution < 1.29 is 15.0 Å². The summed E-state index contributed by atoms with van der Waals surface area (Å²) in [5, 5.41) is 18.7. The molecule has 1 rings (SSSR count). The van der Waals surface area contributed by atoms with E-state index >= 15 is 0 Å². The Labute approximate surface area is 86.2 Å². The summed E-state index contributed by atoms with van der Waals surface area (Å²) in [4.78, 5) is 14.1. The summed E-state index contributed by atoms with van der Waals surface area (Å²) in [6.45, 7) is 0. The third kappa shape index (κ3) is 2.51. The molecule has 0 saturated carbocycles. The van der Waals surface area contributed by atoms with Crippen molar-refractivity contribution in [3.05, 3.63) is 29.6 Å². The normalized spacial score (nSPS) is 14.8. The summed E-state index contributed by atoms with van der Waals surface area (Å²) in [5.41, 5.74) is 0.713. The molecule has 5 heteroatoms. The van der Waals surface area contributed by atoms with Crippen molar-refractivity contribution in [1.82, 2.24) is 4.98 Å². The highest BCUT2D eigenvalue weighted by Gasteiger charge is 2.18. The van der Waals surface area contributed by atoms with Gasteiger partial charge in [-0.15, -0.1) is 11.6 Å². The molecule has 1 aromatic rings. The molecule has 0 aromatic carbocycles. The minimum atomic E-state index is -1.12. The first kappa shape index (κ1) is 11.1. The fraction of sp³-hybridized carbons (Fsp3) is 0.333. The van der Waals surface area contributed by atoms with Crippen molar-refractivity contribution in [2.45, 2.75) is 12.2 Å². The quantitative estimate of drug-likeness (QED) is 0.568. The summed E-state index contributed by atoms with van der Waals surface area (Å²) in [6.07, 6.45) is -0.187. The predicted molar refractivity (Wildman–Crippen MR) is 51.3 cm³/mol. The van der Waals surface area contributed by atoms with Crippen molar-refractivity contribution in [3.8, 4) is 0 Å². The lowest BCUT2D eigenvalue weighted by molar-refractivity contribution is 0.0300. The molecule has 0 aliphatic rings. The van der Waals surface area contributed by atoms with Crippen LogP contribution in [0.1, 0.15) is 22.2 Å². The van der Waals surface area contributed by atoms with Gasteiger partial charge in [-0.3, -0.25) is 9.78 Å². The zero-order valence-electron chi connectivity index (χ0n) is 7.30. The van der Waals surface area contributed by atoms with Crippen molar-refractivity contribution >= 4 is 17.9 Å². The lowest BCUT2D eigenvalue weighted by Gasteiger charge is -2.14. The van der Waals surface area contributed by atoms with Crippen molar-refractivity contribution in [1.29, 1.82) is 0 Å². The number of pyridine rings is 1. The fourth-order valence-corrected chi connectivity index (χ4v) is 1.11. The van der Waals surface area contributed by atoms with Gasteiger partial charge < -0.3 is 10.2 Å². The second-order valence-electron chi connectivity index (χ2n) is 2.80. The molecule has 2 N–H and O–H groups in total. The van der Waals surface area contributed by atoms with Gasteiger partial charge in [-0.2, -0.15) is 0 Å². The molecule has 0 aliphatic heterocycles. The maximum atomic E-state index is 10.3. The van der Waals surface area contributed by atoms with Crippen LogP contribution in [0.2, 0.25) is 0 Å². The molecule has 2 atom stereocenters. The number of aromatic nitrogens is 1. The lowest BCUT2D eigenvalue weighted by atomic mass is 10.1. The second kappa shape index (κ2) is 5.05. The molecule has 14 heavy (non-hydrogen) atoms. The molecule has 4 nitrogen and oxygen atoms in total. The van der Waals surface area contributed by atoms with E-state index in [0.717, 1.165) is 0 Å². The Balaban J connectivity index is 2.80. The van der Waals surface area contributed by atoms with Gasteiger partial charge in [-0.05, 0) is 12.1 Å². The standard InChI is InChI=1S/C9H10ClNO3/c10-3-8(13)9(14)7-2-1-6(5-12)4-11-7/h1-2,4-5,8-9,13-14H,3H2. The molecular formula is C9H10ClNO3. The Morgan fingerprint density at radius 1 is 1.50 bits per heavy atom. The highest BCUT2D eigenvalue weighted by Crippen LogP contribution is 2.15. The number of hydrogen-bond acceptors (Lipinski definition) is 4. The van der Waals surface area contributed by atoms with Gasteiger partial charge in [0.25, 0.3) is 0 Å². The average molecular weight is 216 g/mol. The summed E-state index contributed by atoms with van der Waals surface area (Å²) in [6, 6.07) is 2.99. The van der Waals surface area contributed by atoms with E-state index in [-0.39, 0.29) is 5.88 Å². The van der Waals surface area contributed by atoms with Gasteiger partial charge >= 0.3 is 0 Å². The van der Waals surface area contributed by atoms with Crippen molar-refractivity contribution in [3.63, 3.8) is 0 Å². The van der Waals surface area contributed by atoms with Crippen LogP contribution in [0.25, 0.3) is 0 Å². The van der Waals surface area contributed by atoms with Gasteiger partial charge in [-0.1, -0.05) is 0 Å². The van der Waals surface area contributed by atoms with Crippen LogP contribution in [0.3, 0.4) is 0 Å². The van der Waals surface area contributed by atoms with E-state index in [2.05, 4.69) is 4.98 Å². The maximum Gasteiger partial charge on any atom is 0.151 e. The monoisotopic (exact) mass is 215 g/mol. The molecule has 0 amide bonds. The molecule has 1 heterocycles. The molecule has 0 spiro atoms. The highest BCUT2D eigenvalue weighted by molar-refractivity contribution is 6.18. The molecule has 0 fully saturated rings. The second-order valence-corrected chi connectivity index (χ2v) is 3.11. The first-order chi connectivity index (χ1) is 6.69. The number of carbonyl (C=O) groups is 1. The van der Waals surface area contributed by atoms with Gasteiger partial charge in [-0.25, -0.2) is 0 Å². The largest absolute Gasteiger partial charge is 0.389 e. The zero-order valence-corrected chi connectivity index (χ0v) is 8.05. The van der Waals surface area contributed by atoms with E-state index in [9.17, 15) is 15.0 Å². The number of rotatable bonds is 4. The predicted octanol–water partition coefficient (Wildman–Crippen LogP) is 0.527. The van der Waals surface area contributed by atoms with Crippen LogP contribution in [-0.2, 0) is 0 Å². The number of nitrogens with zero attached hydrogens (tertiary/aromatic N) is 1. The smallest absolute Gasteiger partial charge is 0.151 e. The van der Waals surface area contributed by atoms with E-state index in [1.165, 1.54) is 18.3 Å². The Morgan fingerprint density at radius 3 is 2.64 bits per heavy atom. The van der Waals surface area contributed by atoms with Crippen LogP contribution in [0.15, 0.2) is 18.3 Å². The third-order valence-corrected chi connectivity index (χ3v) is 2.09. The molecule has 0 saturated heterocycles. The van der Waals surface area contributed by atoms with Crippen LogP contribution in [0.4, 0.5) is 0 Å². The minimum absolute atomic E-state index is 0.0712. The van der Waals surface area contributed by atoms with Crippen molar-refractivity contribution in [2.24, 2.45) is 0 Å². The number of aldehydes is 1. The summed E-state index contributed by atoms with van der Waals surface area (Å²) >= 11 is 5.36. The van der Waals surface area contributed by atoms with Crippen LogP contribution >= 0.6 is 11.6 Å². The molecule has 0 aliphatic carbocycles. The number of aliphatic hydroxyl groups excluding tert-OH is 2. The fourth-order valence-electron chi connectivity index (χ4n) is 0.943. The minimum Gasteiger partial charge on any atom is -0.389 e. The summed E-state index contributed by atoms with van der Waals surface area (Å²) in [7, 11) is 0. The van der Waals surface area contributed by atoms with Crippen LogP contribution in [0.5, 0.6) is 0 Å². The molecule has 1 aromatic heterocycles. The van der Waals surface area contributed by atoms with E-state index in [0.29, 0.717) is 17.5 Å². The highest BCUT2D eigenvalue weighted by atomic mass is 35.5. The average Bonchev–Trinajstić information content (AvgIpc) is 2.27. The summed E-state index contributed by atoms with van der Waals surface area (Å²) < 4.78 is 0. The molecule has 0 bridgehead atoms. The van der Waals surface area contributed by atoms with Gasteiger partial charge in [0.2, 0.25) is 0 Å². The van der Waals surface area contributed by atoms with Crippen molar-refractivity contribution in [2.75, 3.05) is 5.88 Å². The third-order valence-electron chi connectivity index (χ3n) is 1.77. The molecule has 0 radical (unpaired) electrons. The number of alkyl halides is 1. The Kier molecular flexibility index (Phi) is 4.00. The number of carbonyl (C=O) groups excluding carboxylic acids is 1. The van der Waals surface area contributed by atoms with Gasteiger partial charge in [0.15, 0.2) is 6.29 Å². The van der Waals surface area contributed by atoms with Crippen LogP contribution in [0, 0.1) is 0 Å². The lowest BCUT2D eigenvalue weighted by Crippen LogP contribution is -2.20. The zero-order chi connectivity index (χ0) is 10.6. The van der Waals surface area contributed by atoms with Crippen LogP contribution in [-0.4, -0.2) is 33.5 Å². The number of hydrogen-bond donors (Lipinski definition) is 2. The Morgan fingerprint density at radius 2 is 2.21 bits per heavy atom. The first-order valence-electron chi connectivity index (χ1n) is 4.02. The van der Waals surface area contributed by atoms with Gasteiger partial charge in [0.05, 0.1) is 17.7 Å². The molecule has 76 valence electrons. The van der Waals surface area contributed by atoms with Crippen LogP contribution < -0.4 is 0 Å². The Bertz CT molecular complexity index is 301. The topological polar surface area (TPSA) is 70.4 Å². The molecule has 2 unspecified atom stereocenters.